The van der Waals surface area contributed by atoms with E-state index in [0.717, 1.165) is 0 Å². The summed E-state index contributed by atoms with van der Waals surface area (Å²) >= 11 is 0. The number of aliphatic hydroxyl groups is 1. The van der Waals surface area contributed by atoms with Gasteiger partial charge in [0.25, 0.3) is 0 Å². The third kappa shape index (κ3) is 3.62. The molecule has 6 nitrogen and oxygen atoms in total. The van der Waals surface area contributed by atoms with Crippen LogP contribution >= 0.6 is 0 Å². The van der Waals surface area contributed by atoms with Crippen LogP contribution in [0.25, 0.3) is 0 Å². The third-order valence-corrected chi connectivity index (χ3v) is 4.78. The average Bonchev–Trinajstić information content (AvgIpc) is 2.36. The molecule has 20 heavy (non-hydrogen) atoms. The molecule has 0 aliphatic heterocycles. The Morgan fingerprint density at radius 3 is 2.20 bits per heavy atom. The zero-order valence-corrected chi connectivity index (χ0v) is 13.1. The summed E-state index contributed by atoms with van der Waals surface area (Å²) in [7, 11) is -0.861. The molecule has 1 atom stereocenters. The summed E-state index contributed by atoms with van der Waals surface area (Å²) < 4.78 is 37.2. The predicted molar refractivity (Wildman–Crippen MR) is 75.6 cm³/mol. The van der Waals surface area contributed by atoms with Crippen molar-refractivity contribution in [2.24, 2.45) is 0 Å². The molecule has 0 fully saturated rings. The Hall–Kier alpha value is -1.31. The lowest BCUT2D eigenvalue weighted by Gasteiger charge is -2.29. The third-order valence-electron chi connectivity index (χ3n) is 3.11. The molecule has 0 aromatic heterocycles. The highest BCUT2D eigenvalue weighted by Gasteiger charge is 2.30. The smallest absolute Gasteiger partial charge is 0.241 e. The number of sulfonamides is 1. The van der Waals surface area contributed by atoms with Crippen molar-refractivity contribution in [3.8, 4) is 11.5 Å². The number of nitrogens with one attached hydrogen (secondary N) is 1. The highest BCUT2D eigenvalue weighted by Crippen LogP contribution is 2.29. The average molecular weight is 303 g/mol. The molecule has 0 aliphatic rings. The maximum Gasteiger partial charge on any atom is 0.241 e. The second-order valence-corrected chi connectivity index (χ2v) is 6.70. The van der Waals surface area contributed by atoms with Gasteiger partial charge in [0.2, 0.25) is 10.0 Å². The molecule has 0 amide bonds. The lowest BCUT2D eigenvalue weighted by Crippen LogP contribution is -2.50. The minimum atomic E-state index is -3.77. The van der Waals surface area contributed by atoms with E-state index in [1.807, 2.05) is 0 Å². The van der Waals surface area contributed by atoms with E-state index in [9.17, 15) is 13.5 Å². The van der Waals surface area contributed by atoms with Gasteiger partial charge < -0.3 is 14.6 Å². The molecule has 114 valence electrons. The molecule has 0 spiro atoms. The maximum atomic E-state index is 12.3. The number of ether oxygens (including phenoxy) is 2. The first-order valence-corrected chi connectivity index (χ1v) is 7.56. The number of benzene rings is 1. The van der Waals surface area contributed by atoms with Gasteiger partial charge in [-0.05, 0) is 32.9 Å². The Morgan fingerprint density at radius 2 is 1.75 bits per heavy atom. The molecule has 7 heteroatoms. The standard InChI is InChI=1S/C13H21NO5S/c1-9(15)13(2,3)14-20(16,17)10-6-7-11(18-4)12(8-10)19-5/h6-9,14-15H,1-5H3. The van der Waals surface area contributed by atoms with Gasteiger partial charge in [0.15, 0.2) is 11.5 Å². The fourth-order valence-electron chi connectivity index (χ4n) is 1.47. The Bertz CT molecular complexity index is 566. The number of methoxy groups -OCH3 is 2. The Kier molecular flexibility index (Phi) is 5.01. The van der Waals surface area contributed by atoms with Crippen LogP contribution < -0.4 is 14.2 Å². The second kappa shape index (κ2) is 5.99. The summed E-state index contributed by atoms with van der Waals surface area (Å²) in [6.45, 7) is 4.74. The quantitative estimate of drug-likeness (QED) is 0.823. The van der Waals surface area contributed by atoms with Gasteiger partial charge in [-0.3, -0.25) is 0 Å². The van der Waals surface area contributed by atoms with Crippen LogP contribution in [0.5, 0.6) is 11.5 Å². The summed E-state index contributed by atoms with van der Waals surface area (Å²) in [5.41, 5.74) is -0.980. The lowest BCUT2D eigenvalue weighted by molar-refractivity contribution is 0.111. The molecule has 1 aromatic carbocycles. The van der Waals surface area contributed by atoms with Gasteiger partial charge in [-0.2, -0.15) is 0 Å². The van der Waals surface area contributed by atoms with E-state index in [4.69, 9.17) is 9.47 Å². The molecule has 0 saturated heterocycles. The molecule has 2 N–H and O–H groups in total. The summed E-state index contributed by atoms with van der Waals surface area (Å²) in [6, 6.07) is 4.31. The highest BCUT2D eigenvalue weighted by atomic mass is 32.2. The monoisotopic (exact) mass is 303 g/mol. The first kappa shape index (κ1) is 16.7. The second-order valence-electron chi connectivity index (χ2n) is 5.02. The Morgan fingerprint density at radius 1 is 1.20 bits per heavy atom. The topological polar surface area (TPSA) is 84.9 Å². The molecule has 1 rings (SSSR count). The van der Waals surface area contributed by atoms with Crippen LogP contribution in [0.15, 0.2) is 23.1 Å². The Balaban J connectivity index is 3.17. The fourth-order valence-corrected chi connectivity index (χ4v) is 2.96. The van der Waals surface area contributed by atoms with E-state index in [0.29, 0.717) is 11.5 Å². The van der Waals surface area contributed by atoms with Crippen molar-refractivity contribution in [3.63, 3.8) is 0 Å². The number of rotatable bonds is 6. The first-order valence-electron chi connectivity index (χ1n) is 6.08. The highest BCUT2D eigenvalue weighted by molar-refractivity contribution is 7.89. The summed E-state index contributed by atoms with van der Waals surface area (Å²) in [6.07, 6.45) is -0.836. The predicted octanol–water partition coefficient (Wildman–Crippen LogP) is 1.14. The lowest BCUT2D eigenvalue weighted by atomic mass is 10.0. The number of aliphatic hydroxyl groups excluding tert-OH is 1. The SMILES string of the molecule is COc1ccc(S(=O)(=O)NC(C)(C)C(C)O)cc1OC. The summed E-state index contributed by atoms with van der Waals surface area (Å²) in [5.74, 6) is 0.770. The van der Waals surface area contributed by atoms with E-state index >= 15 is 0 Å². The van der Waals surface area contributed by atoms with Gasteiger partial charge in [-0.15, -0.1) is 0 Å². The maximum absolute atomic E-state index is 12.3. The first-order chi connectivity index (χ1) is 9.14. The van der Waals surface area contributed by atoms with Crippen molar-refractivity contribution in [2.75, 3.05) is 14.2 Å². The molecule has 0 saturated carbocycles. The molecule has 0 aliphatic carbocycles. The van der Waals surface area contributed by atoms with Crippen LogP contribution in [0.3, 0.4) is 0 Å². The van der Waals surface area contributed by atoms with Crippen LogP contribution in [-0.2, 0) is 10.0 Å². The number of hydrogen-bond donors (Lipinski definition) is 2. The molecular formula is C13H21NO5S. The fraction of sp³-hybridized carbons (Fsp3) is 0.538. The zero-order valence-electron chi connectivity index (χ0n) is 12.3. The molecule has 0 radical (unpaired) electrons. The van der Waals surface area contributed by atoms with E-state index in [2.05, 4.69) is 4.72 Å². The summed E-state index contributed by atoms with van der Waals surface area (Å²) in [5, 5.41) is 9.60. The van der Waals surface area contributed by atoms with Gasteiger partial charge in [0, 0.05) is 6.07 Å². The molecule has 1 aromatic rings. The van der Waals surface area contributed by atoms with Crippen LogP contribution in [0.2, 0.25) is 0 Å². The van der Waals surface area contributed by atoms with Crippen molar-refractivity contribution in [2.45, 2.75) is 37.3 Å². The van der Waals surface area contributed by atoms with Gasteiger partial charge in [-0.1, -0.05) is 0 Å². The van der Waals surface area contributed by atoms with Crippen LogP contribution in [0.1, 0.15) is 20.8 Å². The zero-order chi connectivity index (χ0) is 15.6. The van der Waals surface area contributed by atoms with E-state index in [-0.39, 0.29) is 4.90 Å². The molecule has 0 bridgehead atoms. The minimum absolute atomic E-state index is 0.0453. The van der Waals surface area contributed by atoms with E-state index < -0.39 is 21.7 Å². The van der Waals surface area contributed by atoms with Crippen molar-refractivity contribution < 1.29 is 23.0 Å². The summed E-state index contributed by atoms with van der Waals surface area (Å²) in [4.78, 5) is 0.0453. The van der Waals surface area contributed by atoms with E-state index in [1.54, 1.807) is 13.8 Å². The van der Waals surface area contributed by atoms with Crippen LogP contribution in [-0.4, -0.2) is 39.4 Å². The van der Waals surface area contributed by atoms with Crippen LogP contribution in [0, 0.1) is 0 Å². The minimum Gasteiger partial charge on any atom is -0.493 e. The van der Waals surface area contributed by atoms with Crippen molar-refractivity contribution in [1.82, 2.24) is 4.72 Å². The van der Waals surface area contributed by atoms with Gasteiger partial charge in [-0.25, -0.2) is 13.1 Å². The van der Waals surface area contributed by atoms with Gasteiger partial charge in [0.1, 0.15) is 0 Å². The normalized spacial score (nSPS) is 13.9. The van der Waals surface area contributed by atoms with Crippen molar-refractivity contribution in [3.05, 3.63) is 18.2 Å². The van der Waals surface area contributed by atoms with Crippen LogP contribution in [0.4, 0.5) is 0 Å². The van der Waals surface area contributed by atoms with Gasteiger partial charge in [0.05, 0.1) is 30.8 Å². The van der Waals surface area contributed by atoms with E-state index in [1.165, 1.54) is 39.3 Å². The largest absolute Gasteiger partial charge is 0.493 e. The molecular weight excluding hydrogens is 282 g/mol. The van der Waals surface area contributed by atoms with Crippen molar-refractivity contribution >= 4 is 10.0 Å². The van der Waals surface area contributed by atoms with Crippen molar-refractivity contribution in [1.29, 1.82) is 0 Å². The number of hydrogen-bond acceptors (Lipinski definition) is 5. The Labute approximate surface area is 119 Å². The molecule has 1 unspecified atom stereocenters. The van der Waals surface area contributed by atoms with Gasteiger partial charge >= 0.3 is 0 Å². The molecule has 0 heterocycles.